The van der Waals surface area contributed by atoms with Crippen LogP contribution in [-0.2, 0) is 0 Å². The van der Waals surface area contributed by atoms with E-state index in [9.17, 15) is 0 Å². The van der Waals surface area contributed by atoms with Crippen molar-refractivity contribution < 1.29 is 4.74 Å². The summed E-state index contributed by atoms with van der Waals surface area (Å²) in [5, 5.41) is 4.31. The number of benzene rings is 1. The third-order valence-electron chi connectivity index (χ3n) is 2.96. The molecule has 1 aromatic carbocycles. The van der Waals surface area contributed by atoms with Gasteiger partial charge < -0.3 is 10.1 Å². The summed E-state index contributed by atoms with van der Waals surface area (Å²) in [5.74, 6) is 0.964. The first-order valence-corrected chi connectivity index (χ1v) is 6.34. The normalized spacial score (nSPS) is 20.8. The fourth-order valence-electron chi connectivity index (χ4n) is 2.20. The molecule has 1 heterocycles. The lowest BCUT2D eigenvalue weighted by Crippen LogP contribution is -2.27. The van der Waals surface area contributed by atoms with E-state index in [4.69, 9.17) is 16.3 Å². The molecule has 0 amide bonds. The molecule has 1 aliphatic rings. The van der Waals surface area contributed by atoms with E-state index in [2.05, 4.69) is 5.32 Å². The van der Waals surface area contributed by atoms with E-state index in [1.807, 2.05) is 25.1 Å². The summed E-state index contributed by atoms with van der Waals surface area (Å²) in [7, 11) is 0. The zero-order chi connectivity index (χ0) is 11.4. The largest absolute Gasteiger partial charge is 0.494 e. The highest BCUT2D eigenvalue weighted by Crippen LogP contribution is 2.32. The highest BCUT2D eigenvalue weighted by atomic mass is 35.5. The third-order valence-corrected chi connectivity index (χ3v) is 3.19. The number of piperidine rings is 1. The van der Waals surface area contributed by atoms with E-state index in [-0.39, 0.29) is 0 Å². The molecule has 1 atom stereocenters. The maximum Gasteiger partial charge on any atom is 0.124 e. The van der Waals surface area contributed by atoms with E-state index in [0.717, 1.165) is 17.3 Å². The number of nitrogens with one attached hydrogen (secondary N) is 1. The molecule has 3 heteroatoms. The van der Waals surface area contributed by atoms with E-state index < -0.39 is 0 Å². The second kappa shape index (κ2) is 5.55. The SMILES string of the molecule is CCOc1ccc(Cl)cc1C1CCCCN1. The molecule has 1 aliphatic heterocycles. The molecular weight excluding hydrogens is 222 g/mol. The molecule has 0 saturated carbocycles. The van der Waals surface area contributed by atoms with Crippen molar-refractivity contribution >= 4 is 11.6 Å². The molecule has 1 N–H and O–H groups in total. The fourth-order valence-corrected chi connectivity index (χ4v) is 2.38. The molecule has 16 heavy (non-hydrogen) atoms. The Kier molecular flexibility index (Phi) is 4.08. The first-order valence-electron chi connectivity index (χ1n) is 5.97. The topological polar surface area (TPSA) is 21.3 Å². The minimum Gasteiger partial charge on any atom is -0.494 e. The molecule has 0 aliphatic carbocycles. The van der Waals surface area contributed by atoms with Crippen LogP contribution < -0.4 is 10.1 Å². The van der Waals surface area contributed by atoms with Gasteiger partial charge in [0, 0.05) is 16.6 Å². The Bertz CT molecular complexity index is 348. The van der Waals surface area contributed by atoms with Gasteiger partial charge in [0.05, 0.1) is 6.61 Å². The number of ether oxygens (including phenoxy) is 1. The number of hydrogen-bond acceptors (Lipinski definition) is 2. The number of hydrogen-bond donors (Lipinski definition) is 1. The van der Waals surface area contributed by atoms with Crippen molar-refractivity contribution in [2.45, 2.75) is 32.2 Å². The lowest BCUT2D eigenvalue weighted by molar-refractivity contribution is 0.324. The first-order chi connectivity index (χ1) is 7.81. The number of rotatable bonds is 3. The van der Waals surface area contributed by atoms with Crippen molar-refractivity contribution in [1.29, 1.82) is 0 Å². The molecular formula is C13H18ClNO. The smallest absolute Gasteiger partial charge is 0.124 e. The molecule has 0 aromatic heterocycles. The van der Waals surface area contributed by atoms with Crippen molar-refractivity contribution in [2.75, 3.05) is 13.2 Å². The highest BCUT2D eigenvalue weighted by molar-refractivity contribution is 6.30. The van der Waals surface area contributed by atoms with Gasteiger partial charge in [-0.3, -0.25) is 0 Å². The van der Waals surface area contributed by atoms with Crippen molar-refractivity contribution in [1.82, 2.24) is 5.32 Å². The van der Waals surface area contributed by atoms with E-state index in [0.29, 0.717) is 12.6 Å². The molecule has 0 spiro atoms. The van der Waals surface area contributed by atoms with Crippen LogP contribution in [0, 0.1) is 0 Å². The van der Waals surface area contributed by atoms with Gasteiger partial charge in [-0.15, -0.1) is 0 Å². The second-order valence-electron chi connectivity index (χ2n) is 4.12. The Labute approximate surface area is 102 Å². The van der Waals surface area contributed by atoms with Gasteiger partial charge in [-0.25, -0.2) is 0 Å². The van der Waals surface area contributed by atoms with Crippen molar-refractivity contribution in [3.8, 4) is 5.75 Å². The lowest BCUT2D eigenvalue weighted by Gasteiger charge is -2.25. The average molecular weight is 240 g/mol. The van der Waals surface area contributed by atoms with Gasteiger partial charge in [0.25, 0.3) is 0 Å². The van der Waals surface area contributed by atoms with Crippen LogP contribution in [0.15, 0.2) is 18.2 Å². The predicted molar refractivity (Wildman–Crippen MR) is 67.2 cm³/mol. The maximum absolute atomic E-state index is 6.05. The summed E-state index contributed by atoms with van der Waals surface area (Å²) in [4.78, 5) is 0. The molecule has 1 aromatic rings. The van der Waals surface area contributed by atoms with Crippen molar-refractivity contribution in [2.24, 2.45) is 0 Å². The minimum atomic E-state index is 0.397. The van der Waals surface area contributed by atoms with Gasteiger partial charge in [0.2, 0.25) is 0 Å². The summed E-state index contributed by atoms with van der Waals surface area (Å²) < 4.78 is 5.65. The molecule has 1 unspecified atom stereocenters. The van der Waals surface area contributed by atoms with Crippen LogP contribution in [0.4, 0.5) is 0 Å². The maximum atomic E-state index is 6.05. The van der Waals surface area contributed by atoms with Crippen LogP contribution in [-0.4, -0.2) is 13.2 Å². The standard InChI is InChI=1S/C13H18ClNO/c1-2-16-13-7-6-10(14)9-11(13)12-5-3-4-8-15-12/h6-7,9,12,15H,2-5,8H2,1H3. The van der Waals surface area contributed by atoms with E-state index in [1.54, 1.807) is 0 Å². The molecule has 0 radical (unpaired) electrons. The molecule has 1 saturated heterocycles. The van der Waals surface area contributed by atoms with Crippen molar-refractivity contribution in [3.63, 3.8) is 0 Å². The van der Waals surface area contributed by atoms with Gasteiger partial charge >= 0.3 is 0 Å². The van der Waals surface area contributed by atoms with E-state index in [1.165, 1.54) is 24.8 Å². The van der Waals surface area contributed by atoms with Crippen LogP contribution in [0.1, 0.15) is 37.8 Å². The molecule has 2 nitrogen and oxygen atoms in total. The Morgan fingerprint density at radius 3 is 3.00 bits per heavy atom. The lowest BCUT2D eigenvalue weighted by atomic mass is 9.97. The van der Waals surface area contributed by atoms with Crippen LogP contribution in [0.2, 0.25) is 5.02 Å². The Morgan fingerprint density at radius 1 is 1.44 bits per heavy atom. The van der Waals surface area contributed by atoms with Crippen molar-refractivity contribution in [3.05, 3.63) is 28.8 Å². The minimum absolute atomic E-state index is 0.397. The van der Waals surface area contributed by atoms with Crippen LogP contribution in [0.25, 0.3) is 0 Å². The van der Waals surface area contributed by atoms with Gasteiger partial charge in [-0.05, 0) is 44.5 Å². The first kappa shape index (κ1) is 11.7. The van der Waals surface area contributed by atoms with E-state index >= 15 is 0 Å². The number of halogens is 1. The summed E-state index contributed by atoms with van der Waals surface area (Å²) in [6.45, 7) is 3.79. The monoisotopic (exact) mass is 239 g/mol. The zero-order valence-corrected chi connectivity index (χ0v) is 10.4. The Morgan fingerprint density at radius 2 is 2.31 bits per heavy atom. The summed E-state index contributed by atoms with van der Waals surface area (Å²) in [6.07, 6.45) is 3.71. The average Bonchev–Trinajstić information content (AvgIpc) is 2.33. The quantitative estimate of drug-likeness (QED) is 0.871. The summed E-state index contributed by atoms with van der Waals surface area (Å²) in [5.41, 5.74) is 1.20. The Balaban J connectivity index is 2.24. The van der Waals surface area contributed by atoms with Crippen LogP contribution >= 0.6 is 11.6 Å². The second-order valence-corrected chi connectivity index (χ2v) is 4.55. The zero-order valence-electron chi connectivity index (χ0n) is 9.63. The molecule has 0 bridgehead atoms. The van der Waals surface area contributed by atoms with Gasteiger partial charge in [-0.1, -0.05) is 18.0 Å². The van der Waals surface area contributed by atoms with Gasteiger partial charge in [0.1, 0.15) is 5.75 Å². The third kappa shape index (κ3) is 2.69. The van der Waals surface area contributed by atoms with Gasteiger partial charge in [-0.2, -0.15) is 0 Å². The summed E-state index contributed by atoms with van der Waals surface area (Å²) >= 11 is 6.05. The fraction of sp³-hybridized carbons (Fsp3) is 0.538. The molecule has 1 fully saturated rings. The molecule has 2 rings (SSSR count). The molecule has 88 valence electrons. The van der Waals surface area contributed by atoms with Crippen LogP contribution in [0.5, 0.6) is 5.75 Å². The highest BCUT2D eigenvalue weighted by Gasteiger charge is 2.18. The summed E-state index contributed by atoms with van der Waals surface area (Å²) in [6, 6.07) is 6.28. The predicted octanol–water partition coefficient (Wildman–Crippen LogP) is 3.55. The van der Waals surface area contributed by atoms with Gasteiger partial charge in [0.15, 0.2) is 0 Å². The Hall–Kier alpha value is -0.730. The van der Waals surface area contributed by atoms with Crippen LogP contribution in [0.3, 0.4) is 0 Å².